The Bertz CT molecular complexity index is 958. The highest BCUT2D eigenvalue weighted by Crippen LogP contribution is 2.27. The van der Waals surface area contributed by atoms with E-state index in [9.17, 15) is 4.79 Å². The third-order valence-corrected chi connectivity index (χ3v) is 5.31. The number of nitrogens with zero attached hydrogens (tertiary/aromatic N) is 1. The molecule has 1 heterocycles. The van der Waals surface area contributed by atoms with E-state index in [1.807, 2.05) is 51.4 Å². The minimum absolute atomic E-state index is 0.0127. The Morgan fingerprint density at radius 1 is 1.14 bits per heavy atom. The van der Waals surface area contributed by atoms with Crippen molar-refractivity contribution in [1.29, 1.82) is 0 Å². The highest BCUT2D eigenvalue weighted by molar-refractivity contribution is 5.89. The molecule has 0 saturated carbocycles. The molecule has 0 aliphatic heterocycles. The van der Waals surface area contributed by atoms with Gasteiger partial charge in [0, 0.05) is 17.5 Å². The molecule has 3 rings (SSSR count). The van der Waals surface area contributed by atoms with Crippen LogP contribution in [-0.2, 0) is 11.2 Å². The van der Waals surface area contributed by atoms with Gasteiger partial charge >= 0.3 is 0 Å². The molecule has 0 fully saturated rings. The highest BCUT2D eigenvalue weighted by Gasteiger charge is 2.17. The topological polar surface area (TPSA) is 54.7 Å². The van der Waals surface area contributed by atoms with E-state index in [1.165, 1.54) is 5.56 Å². The molecule has 148 valence electrons. The molecule has 1 atom stereocenters. The van der Waals surface area contributed by atoms with Crippen molar-refractivity contribution in [2.24, 2.45) is 0 Å². The van der Waals surface area contributed by atoms with Crippen LogP contribution >= 0.6 is 0 Å². The van der Waals surface area contributed by atoms with Gasteiger partial charge in [0.25, 0.3) is 0 Å². The zero-order valence-corrected chi connectivity index (χ0v) is 17.2. The summed E-state index contributed by atoms with van der Waals surface area (Å²) in [6, 6.07) is 12.1. The number of aryl methyl sites for hydroxylation is 2. The number of benzene rings is 2. The van der Waals surface area contributed by atoms with Gasteiger partial charge < -0.3 is 19.4 Å². The Kier molecular flexibility index (Phi) is 6.05. The van der Waals surface area contributed by atoms with Gasteiger partial charge in [0.1, 0.15) is 11.3 Å². The van der Waals surface area contributed by atoms with Crippen molar-refractivity contribution >= 4 is 16.9 Å². The molecule has 0 unspecified atom stereocenters. The van der Waals surface area contributed by atoms with Gasteiger partial charge in [-0.05, 0) is 56.8 Å². The Hall–Kier alpha value is -2.79. The lowest BCUT2D eigenvalue weighted by Gasteiger charge is -2.25. The molecule has 1 N–H and O–H groups in total. The molecule has 2 aromatic carbocycles. The SMILES string of the molecule is COc1ccc([C@H](CNC(=O)Cc2coc3c(C)c(C)ccc23)N(C)C)cc1. The summed E-state index contributed by atoms with van der Waals surface area (Å²) < 4.78 is 10.9. The molecule has 1 aromatic heterocycles. The number of methoxy groups -OCH3 is 1. The Balaban J connectivity index is 1.67. The maximum atomic E-state index is 12.6. The van der Waals surface area contributed by atoms with Gasteiger partial charge in [-0.2, -0.15) is 0 Å². The van der Waals surface area contributed by atoms with Crippen LogP contribution in [0.15, 0.2) is 47.1 Å². The number of likely N-dealkylation sites (N-methyl/N-ethyl adjacent to an activating group) is 1. The van der Waals surface area contributed by atoms with Crippen molar-refractivity contribution in [3.63, 3.8) is 0 Å². The van der Waals surface area contributed by atoms with Gasteiger partial charge in [0.15, 0.2) is 0 Å². The molecule has 5 heteroatoms. The van der Waals surface area contributed by atoms with E-state index in [0.717, 1.165) is 33.4 Å². The molecular formula is C23H28N2O3. The smallest absolute Gasteiger partial charge is 0.224 e. The second-order valence-corrected chi connectivity index (χ2v) is 7.38. The summed E-state index contributed by atoms with van der Waals surface area (Å²) >= 11 is 0. The zero-order chi connectivity index (χ0) is 20.3. The van der Waals surface area contributed by atoms with Gasteiger partial charge in [-0.15, -0.1) is 0 Å². The minimum Gasteiger partial charge on any atom is -0.497 e. The van der Waals surface area contributed by atoms with E-state index in [4.69, 9.17) is 9.15 Å². The Labute approximate surface area is 166 Å². The van der Waals surface area contributed by atoms with Crippen LogP contribution in [0.2, 0.25) is 0 Å². The van der Waals surface area contributed by atoms with Gasteiger partial charge in [-0.25, -0.2) is 0 Å². The van der Waals surface area contributed by atoms with Gasteiger partial charge in [0.05, 0.1) is 25.8 Å². The maximum absolute atomic E-state index is 12.6. The molecule has 0 aliphatic carbocycles. The fraction of sp³-hybridized carbons (Fsp3) is 0.348. The number of nitrogens with one attached hydrogen (secondary N) is 1. The van der Waals surface area contributed by atoms with Crippen molar-refractivity contribution in [3.8, 4) is 5.75 Å². The molecule has 0 radical (unpaired) electrons. The van der Waals surface area contributed by atoms with E-state index < -0.39 is 0 Å². The number of furan rings is 1. The molecular weight excluding hydrogens is 352 g/mol. The molecule has 0 saturated heterocycles. The lowest BCUT2D eigenvalue weighted by atomic mass is 10.0. The summed E-state index contributed by atoms with van der Waals surface area (Å²) in [7, 11) is 5.67. The molecule has 28 heavy (non-hydrogen) atoms. The predicted octanol–water partition coefficient (Wildman–Crippen LogP) is 4.02. The van der Waals surface area contributed by atoms with E-state index in [1.54, 1.807) is 13.4 Å². The normalized spacial score (nSPS) is 12.4. The summed E-state index contributed by atoms with van der Waals surface area (Å²) in [6.07, 6.45) is 2.00. The number of ether oxygens (including phenoxy) is 1. The van der Waals surface area contributed by atoms with E-state index in [0.29, 0.717) is 13.0 Å². The van der Waals surface area contributed by atoms with Crippen LogP contribution in [0.3, 0.4) is 0 Å². The molecule has 5 nitrogen and oxygen atoms in total. The largest absolute Gasteiger partial charge is 0.497 e. The first kappa shape index (κ1) is 20.0. The van der Waals surface area contributed by atoms with Crippen molar-refractivity contribution in [3.05, 3.63) is 64.9 Å². The summed E-state index contributed by atoms with van der Waals surface area (Å²) in [5.74, 6) is 0.809. The molecule has 3 aromatic rings. The van der Waals surface area contributed by atoms with Crippen molar-refractivity contribution < 1.29 is 13.9 Å². The van der Waals surface area contributed by atoms with Crippen LogP contribution < -0.4 is 10.1 Å². The number of rotatable bonds is 7. The van der Waals surface area contributed by atoms with E-state index >= 15 is 0 Å². The summed E-state index contributed by atoms with van der Waals surface area (Å²) in [4.78, 5) is 14.7. The summed E-state index contributed by atoms with van der Waals surface area (Å²) in [5, 5.41) is 4.08. The summed E-state index contributed by atoms with van der Waals surface area (Å²) in [6.45, 7) is 4.64. The second-order valence-electron chi connectivity index (χ2n) is 7.38. The van der Waals surface area contributed by atoms with E-state index in [2.05, 4.69) is 23.2 Å². The van der Waals surface area contributed by atoms with Crippen LogP contribution in [0.25, 0.3) is 11.0 Å². The maximum Gasteiger partial charge on any atom is 0.224 e. The molecule has 1 amide bonds. The monoisotopic (exact) mass is 380 g/mol. The quantitative estimate of drug-likeness (QED) is 0.673. The lowest BCUT2D eigenvalue weighted by molar-refractivity contribution is -0.120. The number of fused-ring (bicyclic) bond motifs is 1. The first-order valence-electron chi connectivity index (χ1n) is 9.44. The standard InChI is InChI=1S/C23H28N2O3/c1-15-6-11-20-18(14-28-23(20)16(15)2)12-22(26)24-13-21(25(3)4)17-7-9-19(27-5)10-8-17/h6-11,14,21H,12-13H2,1-5H3,(H,24,26)/t21-/m0/s1. The number of hydrogen-bond donors (Lipinski definition) is 1. The number of carbonyl (C=O) groups excluding carboxylic acids is 1. The number of amides is 1. The van der Waals surface area contributed by atoms with Crippen molar-refractivity contribution in [2.75, 3.05) is 27.7 Å². The zero-order valence-electron chi connectivity index (χ0n) is 17.2. The molecule has 0 aliphatic rings. The fourth-order valence-corrected chi connectivity index (χ4v) is 3.40. The van der Waals surface area contributed by atoms with Crippen molar-refractivity contribution in [1.82, 2.24) is 10.2 Å². The van der Waals surface area contributed by atoms with Crippen molar-refractivity contribution in [2.45, 2.75) is 26.3 Å². The Morgan fingerprint density at radius 2 is 1.86 bits per heavy atom. The fourth-order valence-electron chi connectivity index (χ4n) is 3.40. The summed E-state index contributed by atoms with van der Waals surface area (Å²) in [5.41, 5.74) is 5.22. The average Bonchev–Trinajstić information content (AvgIpc) is 3.08. The van der Waals surface area contributed by atoms with Crippen LogP contribution in [0.1, 0.15) is 28.3 Å². The highest BCUT2D eigenvalue weighted by atomic mass is 16.5. The van der Waals surface area contributed by atoms with Crippen LogP contribution in [0.5, 0.6) is 5.75 Å². The van der Waals surface area contributed by atoms with Crippen LogP contribution in [0.4, 0.5) is 0 Å². The van der Waals surface area contributed by atoms with E-state index in [-0.39, 0.29) is 11.9 Å². The third kappa shape index (κ3) is 4.20. The molecule has 0 bridgehead atoms. The van der Waals surface area contributed by atoms with Crippen LogP contribution in [-0.4, -0.2) is 38.6 Å². The van der Waals surface area contributed by atoms with Gasteiger partial charge in [0.2, 0.25) is 5.91 Å². The minimum atomic E-state index is -0.0127. The average molecular weight is 380 g/mol. The first-order chi connectivity index (χ1) is 13.4. The number of carbonyl (C=O) groups is 1. The van der Waals surface area contributed by atoms with Gasteiger partial charge in [-0.1, -0.05) is 24.3 Å². The first-order valence-corrected chi connectivity index (χ1v) is 9.44. The number of hydrogen-bond acceptors (Lipinski definition) is 4. The predicted molar refractivity (Wildman–Crippen MR) is 112 cm³/mol. The van der Waals surface area contributed by atoms with Gasteiger partial charge in [-0.3, -0.25) is 4.79 Å². The molecule has 0 spiro atoms. The third-order valence-electron chi connectivity index (χ3n) is 5.31. The lowest BCUT2D eigenvalue weighted by Crippen LogP contribution is -2.35. The Morgan fingerprint density at radius 3 is 2.50 bits per heavy atom. The second kappa shape index (κ2) is 8.48. The van der Waals surface area contributed by atoms with Crippen LogP contribution in [0, 0.1) is 13.8 Å².